The minimum Gasteiger partial charge on any atom is -0.311 e. The molecule has 1 aromatic rings. The molecule has 110 valence electrons. The van der Waals surface area contributed by atoms with Crippen LogP contribution in [-0.2, 0) is 0 Å². The summed E-state index contributed by atoms with van der Waals surface area (Å²) in [5.41, 5.74) is 2.34. The van der Waals surface area contributed by atoms with Gasteiger partial charge in [0.15, 0.2) is 11.6 Å². The Labute approximate surface area is 140 Å². The van der Waals surface area contributed by atoms with E-state index >= 15 is 0 Å². The van der Waals surface area contributed by atoms with Crippen LogP contribution in [0.1, 0.15) is 47.4 Å². The molecule has 0 saturated carbocycles. The number of halogens is 2. The van der Waals surface area contributed by atoms with Crippen molar-refractivity contribution < 1.29 is 9.59 Å². The SMILES string of the molecule is C[C@@H]1CC2=C(C[C@H](C)N1)C(=O)c1c(Br)ccc(Br)c1C2=O. The van der Waals surface area contributed by atoms with Gasteiger partial charge < -0.3 is 5.32 Å². The Kier molecular flexibility index (Phi) is 3.93. The molecule has 0 bridgehead atoms. The van der Waals surface area contributed by atoms with E-state index in [0.717, 1.165) is 0 Å². The highest BCUT2D eigenvalue weighted by molar-refractivity contribution is 9.11. The van der Waals surface area contributed by atoms with Crippen LogP contribution in [0.4, 0.5) is 0 Å². The summed E-state index contributed by atoms with van der Waals surface area (Å²) in [5.74, 6) is -0.0361. The molecule has 0 saturated heterocycles. The summed E-state index contributed by atoms with van der Waals surface area (Å²) >= 11 is 6.83. The maximum atomic E-state index is 12.9. The van der Waals surface area contributed by atoms with Crippen molar-refractivity contribution in [2.24, 2.45) is 0 Å². The van der Waals surface area contributed by atoms with E-state index in [-0.39, 0.29) is 23.7 Å². The zero-order chi connectivity index (χ0) is 15.3. The molecule has 0 unspecified atom stereocenters. The first-order chi connectivity index (χ1) is 9.90. The second kappa shape index (κ2) is 5.45. The Hall–Kier alpha value is -0.780. The molecule has 0 fully saturated rings. The number of hydrogen-bond acceptors (Lipinski definition) is 3. The van der Waals surface area contributed by atoms with Gasteiger partial charge in [0.25, 0.3) is 0 Å². The Morgan fingerprint density at radius 1 is 0.905 bits per heavy atom. The van der Waals surface area contributed by atoms with Gasteiger partial charge >= 0.3 is 0 Å². The van der Waals surface area contributed by atoms with Gasteiger partial charge in [0, 0.05) is 43.3 Å². The third-order valence-corrected chi connectivity index (χ3v) is 5.38. The van der Waals surface area contributed by atoms with Gasteiger partial charge in [-0.05, 0) is 38.8 Å². The molecule has 2 atom stereocenters. The molecule has 0 aromatic heterocycles. The van der Waals surface area contributed by atoms with Crippen LogP contribution in [0.3, 0.4) is 0 Å². The first kappa shape index (κ1) is 15.1. The number of carbonyl (C=O) groups is 2. The van der Waals surface area contributed by atoms with Crippen molar-refractivity contribution in [3.05, 3.63) is 43.4 Å². The first-order valence-electron chi connectivity index (χ1n) is 6.95. The van der Waals surface area contributed by atoms with Gasteiger partial charge in [-0.15, -0.1) is 0 Å². The van der Waals surface area contributed by atoms with Crippen molar-refractivity contribution in [3.8, 4) is 0 Å². The lowest BCUT2D eigenvalue weighted by Gasteiger charge is -2.22. The molecule has 1 N–H and O–H groups in total. The van der Waals surface area contributed by atoms with E-state index in [4.69, 9.17) is 0 Å². The monoisotopic (exact) mass is 411 g/mol. The molecule has 5 heteroatoms. The highest BCUT2D eigenvalue weighted by Crippen LogP contribution is 2.39. The lowest BCUT2D eigenvalue weighted by Crippen LogP contribution is -2.33. The van der Waals surface area contributed by atoms with Gasteiger partial charge in [-0.3, -0.25) is 9.59 Å². The van der Waals surface area contributed by atoms with Gasteiger partial charge in [0.2, 0.25) is 0 Å². The quantitative estimate of drug-likeness (QED) is 0.699. The number of ketones is 2. The summed E-state index contributed by atoms with van der Waals surface area (Å²) in [6.45, 7) is 4.10. The van der Waals surface area contributed by atoms with Crippen LogP contribution in [-0.4, -0.2) is 23.7 Å². The fourth-order valence-corrected chi connectivity index (χ4v) is 4.24. The van der Waals surface area contributed by atoms with Crippen LogP contribution in [0, 0.1) is 0 Å². The topological polar surface area (TPSA) is 46.2 Å². The van der Waals surface area contributed by atoms with Gasteiger partial charge in [0.1, 0.15) is 0 Å². The fraction of sp³-hybridized carbons (Fsp3) is 0.375. The molecule has 1 aliphatic carbocycles. The van der Waals surface area contributed by atoms with Gasteiger partial charge in [-0.25, -0.2) is 0 Å². The Morgan fingerprint density at radius 3 is 1.67 bits per heavy atom. The molecule has 0 spiro atoms. The summed E-state index contributed by atoms with van der Waals surface area (Å²) in [5, 5.41) is 3.43. The minimum atomic E-state index is -0.0180. The van der Waals surface area contributed by atoms with Crippen LogP contribution in [0.25, 0.3) is 0 Å². The summed E-state index contributed by atoms with van der Waals surface area (Å²) in [6, 6.07) is 4.00. The van der Waals surface area contributed by atoms with Crippen LogP contribution >= 0.6 is 31.9 Å². The Bertz CT molecular complexity index is 637. The number of rotatable bonds is 0. The molecule has 3 rings (SSSR count). The van der Waals surface area contributed by atoms with Crippen molar-refractivity contribution in [1.82, 2.24) is 5.32 Å². The van der Waals surface area contributed by atoms with Crippen LogP contribution in [0.15, 0.2) is 32.2 Å². The van der Waals surface area contributed by atoms with Crippen LogP contribution in [0.2, 0.25) is 0 Å². The summed E-state index contributed by atoms with van der Waals surface area (Å²) < 4.78 is 1.37. The number of carbonyl (C=O) groups excluding carboxylic acids is 2. The summed E-state index contributed by atoms with van der Waals surface area (Å²) in [6.07, 6.45) is 1.20. The molecular formula is C16H15Br2NO2. The van der Waals surface area contributed by atoms with E-state index in [9.17, 15) is 9.59 Å². The van der Waals surface area contributed by atoms with E-state index in [2.05, 4.69) is 51.0 Å². The van der Waals surface area contributed by atoms with Crippen molar-refractivity contribution in [2.75, 3.05) is 0 Å². The number of fused-ring (bicyclic) bond motifs is 1. The smallest absolute Gasteiger partial charge is 0.191 e. The largest absolute Gasteiger partial charge is 0.311 e. The van der Waals surface area contributed by atoms with Crippen molar-refractivity contribution in [2.45, 2.75) is 38.8 Å². The molecule has 1 aliphatic heterocycles. The molecule has 0 amide bonds. The number of nitrogens with one attached hydrogen (secondary N) is 1. The summed E-state index contributed by atoms with van der Waals surface area (Å²) in [4.78, 5) is 25.8. The van der Waals surface area contributed by atoms with Crippen molar-refractivity contribution in [1.29, 1.82) is 0 Å². The number of benzene rings is 1. The maximum absolute atomic E-state index is 12.9. The van der Waals surface area contributed by atoms with E-state index in [1.54, 1.807) is 12.1 Å². The third kappa shape index (κ3) is 2.45. The Balaban J connectivity index is 2.23. The standard InChI is InChI=1S/C16H15Br2NO2/c1-7-5-9-10(6-8(2)19-7)16(21)14-12(18)4-3-11(17)13(14)15(9)20/h3-4,7-8,19H,5-6H2,1-2H3/t7-,8+. The van der Waals surface area contributed by atoms with E-state index in [0.29, 0.717) is 44.1 Å². The zero-order valence-electron chi connectivity index (χ0n) is 11.8. The van der Waals surface area contributed by atoms with Gasteiger partial charge in [-0.1, -0.05) is 31.9 Å². The molecule has 3 nitrogen and oxygen atoms in total. The third-order valence-electron chi connectivity index (χ3n) is 4.06. The van der Waals surface area contributed by atoms with Crippen LogP contribution in [0.5, 0.6) is 0 Å². The number of Topliss-reactive ketones (excluding diaryl/α,β-unsaturated/α-hetero) is 2. The maximum Gasteiger partial charge on any atom is 0.191 e. The molecule has 2 aliphatic rings. The van der Waals surface area contributed by atoms with Gasteiger partial charge in [0.05, 0.1) is 0 Å². The predicted octanol–water partition coefficient (Wildman–Crippen LogP) is 4.05. The molecule has 21 heavy (non-hydrogen) atoms. The fourth-order valence-electron chi connectivity index (χ4n) is 3.22. The highest BCUT2D eigenvalue weighted by atomic mass is 79.9. The first-order valence-corrected chi connectivity index (χ1v) is 8.54. The van der Waals surface area contributed by atoms with Crippen molar-refractivity contribution >= 4 is 43.4 Å². The van der Waals surface area contributed by atoms with Crippen LogP contribution < -0.4 is 5.32 Å². The van der Waals surface area contributed by atoms with E-state index in [1.807, 2.05) is 0 Å². The second-order valence-corrected chi connectivity index (χ2v) is 7.48. The second-order valence-electron chi connectivity index (χ2n) is 5.77. The van der Waals surface area contributed by atoms with Gasteiger partial charge in [-0.2, -0.15) is 0 Å². The average molecular weight is 413 g/mol. The molecular weight excluding hydrogens is 398 g/mol. The Morgan fingerprint density at radius 2 is 1.29 bits per heavy atom. The lowest BCUT2D eigenvalue weighted by molar-refractivity contribution is 0.0968. The van der Waals surface area contributed by atoms with Crippen molar-refractivity contribution in [3.63, 3.8) is 0 Å². The summed E-state index contributed by atoms with van der Waals surface area (Å²) in [7, 11) is 0. The highest BCUT2D eigenvalue weighted by Gasteiger charge is 2.37. The molecule has 1 heterocycles. The minimum absolute atomic E-state index is 0.0180. The zero-order valence-corrected chi connectivity index (χ0v) is 15.0. The average Bonchev–Trinajstić information content (AvgIpc) is 2.56. The van der Waals surface area contributed by atoms with E-state index in [1.165, 1.54) is 0 Å². The molecule has 0 radical (unpaired) electrons. The lowest BCUT2D eigenvalue weighted by atomic mass is 9.81. The predicted molar refractivity (Wildman–Crippen MR) is 88.8 cm³/mol. The van der Waals surface area contributed by atoms with E-state index < -0.39 is 0 Å². The molecule has 1 aromatic carbocycles. The normalized spacial score (nSPS) is 25.5. The number of hydrogen-bond donors (Lipinski definition) is 1.